The van der Waals surface area contributed by atoms with Crippen LogP contribution >= 0.6 is 11.8 Å². The summed E-state index contributed by atoms with van der Waals surface area (Å²) in [4.78, 5) is 0. The van der Waals surface area contributed by atoms with E-state index >= 15 is 0 Å². The van der Waals surface area contributed by atoms with Gasteiger partial charge in [0.2, 0.25) is 0 Å². The molecule has 0 fully saturated rings. The summed E-state index contributed by atoms with van der Waals surface area (Å²) in [5.41, 5.74) is 2.62. The lowest BCUT2D eigenvalue weighted by atomic mass is 9.99. The van der Waals surface area contributed by atoms with Gasteiger partial charge in [-0.05, 0) is 11.1 Å². The minimum atomic E-state index is 0.265. The molecule has 20 heavy (non-hydrogen) atoms. The van der Waals surface area contributed by atoms with E-state index in [9.17, 15) is 0 Å². The molecule has 2 aromatic carbocycles. The summed E-state index contributed by atoms with van der Waals surface area (Å²) < 4.78 is 0. The maximum absolute atomic E-state index is 3.75. The normalized spacial score (nSPS) is 10.7. The minimum absolute atomic E-state index is 0.265. The Kier molecular flexibility index (Phi) is 6.42. The standard InChI is InChI=1S/C18H21NS/c1-2-14-20-15-13-19-18(16-9-5-3-6-10-16)17-11-7-4-8-12-17/h2-12,18-19H,1,13-15H2. The molecule has 2 rings (SSSR count). The molecule has 0 heterocycles. The number of nitrogens with one attached hydrogen (secondary N) is 1. The Morgan fingerprint density at radius 2 is 1.50 bits per heavy atom. The summed E-state index contributed by atoms with van der Waals surface area (Å²) in [6, 6.07) is 21.5. The average molecular weight is 283 g/mol. The van der Waals surface area contributed by atoms with E-state index in [1.54, 1.807) is 0 Å². The molecule has 0 unspecified atom stereocenters. The third-order valence-electron chi connectivity index (χ3n) is 3.10. The summed E-state index contributed by atoms with van der Waals surface area (Å²) in [6.07, 6.45) is 1.95. The summed E-state index contributed by atoms with van der Waals surface area (Å²) in [5, 5.41) is 3.66. The maximum atomic E-state index is 3.75. The van der Waals surface area contributed by atoms with Crippen molar-refractivity contribution in [3.63, 3.8) is 0 Å². The molecule has 1 nitrogen and oxygen atoms in total. The van der Waals surface area contributed by atoms with E-state index in [0.717, 1.165) is 18.1 Å². The quantitative estimate of drug-likeness (QED) is 0.573. The summed E-state index contributed by atoms with van der Waals surface area (Å²) >= 11 is 1.91. The van der Waals surface area contributed by atoms with Crippen molar-refractivity contribution in [1.82, 2.24) is 5.32 Å². The van der Waals surface area contributed by atoms with Gasteiger partial charge in [-0.3, -0.25) is 0 Å². The fraction of sp³-hybridized carbons (Fsp3) is 0.222. The van der Waals surface area contributed by atoms with Crippen molar-refractivity contribution >= 4 is 11.8 Å². The van der Waals surface area contributed by atoms with E-state index < -0.39 is 0 Å². The molecule has 0 aliphatic carbocycles. The fourth-order valence-corrected chi connectivity index (χ4v) is 2.76. The van der Waals surface area contributed by atoms with Crippen LogP contribution in [0.3, 0.4) is 0 Å². The van der Waals surface area contributed by atoms with Gasteiger partial charge in [-0.15, -0.1) is 6.58 Å². The molecule has 0 saturated heterocycles. The molecule has 0 bridgehead atoms. The number of hydrogen-bond acceptors (Lipinski definition) is 2. The van der Waals surface area contributed by atoms with Gasteiger partial charge in [-0.25, -0.2) is 0 Å². The van der Waals surface area contributed by atoms with Crippen LogP contribution in [-0.2, 0) is 0 Å². The summed E-state index contributed by atoms with van der Waals surface area (Å²) in [6.45, 7) is 4.74. The van der Waals surface area contributed by atoms with Gasteiger partial charge < -0.3 is 5.32 Å². The molecule has 0 saturated carbocycles. The molecular weight excluding hydrogens is 262 g/mol. The smallest absolute Gasteiger partial charge is 0.0576 e. The number of hydrogen-bond donors (Lipinski definition) is 1. The first-order chi connectivity index (χ1) is 9.92. The molecule has 0 radical (unpaired) electrons. The van der Waals surface area contributed by atoms with E-state index in [4.69, 9.17) is 0 Å². The first kappa shape index (κ1) is 14.9. The third-order valence-corrected chi connectivity index (χ3v) is 4.06. The second kappa shape index (κ2) is 8.62. The first-order valence-corrected chi connectivity index (χ1v) is 8.09. The third kappa shape index (κ3) is 4.55. The highest BCUT2D eigenvalue weighted by Crippen LogP contribution is 2.21. The average Bonchev–Trinajstić information content (AvgIpc) is 2.53. The SMILES string of the molecule is C=CCSCCNC(c1ccccc1)c1ccccc1. The van der Waals surface area contributed by atoms with Gasteiger partial charge in [0.05, 0.1) is 6.04 Å². The van der Waals surface area contributed by atoms with Crippen LogP contribution in [0.1, 0.15) is 17.2 Å². The zero-order chi connectivity index (χ0) is 14.0. The van der Waals surface area contributed by atoms with E-state index in [-0.39, 0.29) is 6.04 Å². The van der Waals surface area contributed by atoms with Gasteiger partial charge in [0.1, 0.15) is 0 Å². The lowest BCUT2D eigenvalue weighted by Gasteiger charge is -2.19. The van der Waals surface area contributed by atoms with Crippen molar-refractivity contribution in [2.24, 2.45) is 0 Å². The van der Waals surface area contributed by atoms with Crippen LogP contribution < -0.4 is 5.32 Å². The van der Waals surface area contributed by atoms with Gasteiger partial charge in [0.25, 0.3) is 0 Å². The second-order valence-corrected chi connectivity index (χ2v) is 5.72. The summed E-state index contributed by atoms with van der Waals surface area (Å²) in [5.74, 6) is 2.12. The zero-order valence-electron chi connectivity index (χ0n) is 11.7. The Morgan fingerprint density at radius 1 is 0.950 bits per heavy atom. The van der Waals surface area contributed by atoms with Gasteiger partial charge in [-0.2, -0.15) is 11.8 Å². The molecule has 0 aromatic heterocycles. The largest absolute Gasteiger partial charge is 0.305 e. The Balaban J connectivity index is 2.03. The van der Waals surface area contributed by atoms with Gasteiger partial charge in [0.15, 0.2) is 0 Å². The Bertz CT molecular complexity index is 456. The predicted molar refractivity (Wildman–Crippen MR) is 90.3 cm³/mol. The summed E-state index contributed by atoms with van der Waals surface area (Å²) in [7, 11) is 0. The Hall–Kier alpha value is -1.51. The van der Waals surface area contributed by atoms with Crippen LogP contribution in [0.2, 0.25) is 0 Å². The van der Waals surface area contributed by atoms with Crippen LogP contribution in [0.5, 0.6) is 0 Å². The van der Waals surface area contributed by atoms with Crippen molar-refractivity contribution in [2.45, 2.75) is 6.04 Å². The lowest BCUT2D eigenvalue weighted by molar-refractivity contribution is 0.634. The molecule has 0 spiro atoms. The second-order valence-electron chi connectivity index (χ2n) is 4.57. The molecule has 2 heteroatoms. The molecule has 0 amide bonds. The number of rotatable bonds is 8. The molecule has 1 N–H and O–H groups in total. The van der Waals surface area contributed by atoms with Crippen molar-refractivity contribution in [2.75, 3.05) is 18.1 Å². The van der Waals surface area contributed by atoms with E-state index in [2.05, 4.69) is 72.6 Å². The van der Waals surface area contributed by atoms with Crippen molar-refractivity contribution in [3.05, 3.63) is 84.4 Å². The van der Waals surface area contributed by atoms with Gasteiger partial charge in [-0.1, -0.05) is 66.7 Å². The van der Waals surface area contributed by atoms with Crippen LogP contribution in [0.15, 0.2) is 73.3 Å². The molecule has 2 aromatic rings. The van der Waals surface area contributed by atoms with Crippen LogP contribution in [0.4, 0.5) is 0 Å². The lowest BCUT2D eigenvalue weighted by Crippen LogP contribution is -2.24. The van der Waals surface area contributed by atoms with Crippen molar-refractivity contribution in [1.29, 1.82) is 0 Å². The Labute approximate surface area is 126 Å². The van der Waals surface area contributed by atoms with Crippen LogP contribution in [0, 0.1) is 0 Å². The van der Waals surface area contributed by atoms with Crippen molar-refractivity contribution < 1.29 is 0 Å². The highest BCUT2D eigenvalue weighted by Gasteiger charge is 2.12. The molecule has 0 atom stereocenters. The molecule has 0 aliphatic heterocycles. The maximum Gasteiger partial charge on any atom is 0.0576 e. The number of thioether (sulfide) groups is 1. The predicted octanol–water partition coefficient (Wildman–Crippen LogP) is 4.28. The topological polar surface area (TPSA) is 12.0 Å². The van der Waals surface area contributed by atoms with E-state index in [0.29, 0.717) is 0 Å². The molecule has 104 valence electrons. The highest BCUT2D eigenvalue weighted by atomic mass is 32.2. The Morgan fingerprint density at radius 3 is 2.00 bits per heavy atom. The number of benzene rings is 2. The molecule has 0 aliphatic rings. The van der Waals surface area contributed by atoms with E-state index in [1.807, 2.05) is 17.8 Å². The first-order valence-electron chi connectivity index (χ1n) is 6.93. The van der Waals surface area contributed by atoms with Gasteiger partial charge in [0, 0.05) is 18.1 Å². The minimum Gasteiger partial charge on any atom is -0.305 e. The molecular formula is C18H21NS. The fourth-order valence-electron chi connectivity index (χ4n) is 2.16. The van der Waals surface area contributed by atoms with Crippen molar-refractivity contribution in [3.8, 4) is 0 Å². The van der Waals surface area contributed by atoms with Crippen LogP contribution in [0.25, 0.3) is 0 Å². The monoisotopic (exact) mass is 283 g/mol. The van der Waals surface area contributed by atoms with Gasteiger partial charge >= 0.3 is 0 Å². The highest BCUT2D eigenvalue weighted by molar-refractivity contribution is 7.99. The van der Waals surface area contributed by atoms with E-state index in [1.165, 1.54) is 11.1 Å². The van der Waals surface area contributed by atoms with Crippen LogP contribution in [-0.4, -0.2) is 18.1 Å². The zero-order valence-corrected chi connectivity index (χ0v) is 12.5.